The van der Waals surface area contributed by atoms with Gasteiger partial charge in [0, 0.05) is 14.6 Å². The first-order valence-corrected chi connectivity index (χ1v) is 8.66. The van der Waals surface area contributed by atoms with Crippen molar-refractivity contribution in [1.82, 2.24) is 0 Å². The molecule has 0 atom stereocenters. The summed E-state index contributed by atoms with van der Waals surface area (Å²) in [7, 11) is 0. The predicted molar refractivity (Wildman–Crippen MR) is 90.2 cm³/mol. The summed E-state index contributed by atoms with van der Waals surface area (Å²) in [5, 5.41) is 1.59. The van der Waals surface area contributed by atoms with Gasteiger partial charge in [-0.05, 0) is 31.0 Å². The average Bonchev–Trinajstić information content (AvgIpc) is 2.44. The van der Waals surface area contributed by atoms with E-state index >= 15 is 0 Å². The van der Waals surface area contributed by atoms with Crippen molar-refractivity contribution in [2.75, 3.05) is 6.61 Å². The summed E-state index contributed by atoms with van der Waals surface area (Å²) in [6.45, 7) is 4.91. The standard InChI is InChI=1S/C16H19BrO2S/c1-3-5-9-19-16-12(6-4-2)15(18)13-10-11(17)7-8-14(13)20-16/h7-8,10H,3-6,9H2,1-2H3. The van der Waals surface area contributed by atoms with Crippen LogP contribution in [-0.2, 0) is 6.42 Å². The molecule has 1 aromatic carbocycles. The third-order valence-electron chi connectivity index (χ3n) is 3.14. The molecule has 108 valence electrons. The lowest BCUT2D eigenvalue weighted by Gasteiger charge is -2.11. The van der Waals surface area contributed by atoms with Gasteiger partial charge in [-0.2, -0.15) is 0 Å². The second-order valence-corrected chi connectivity index (χ2v) is 6.72. The fourth-order valence-electron chi connectivity index (χ4n) is 2.08. The molecular weight excluding hydrogens is 336 g/mol. The quantitative estimate of drug-likeness (QED) is 0.670. The molecule has 0 N–H and O–H groups in total. The van der Waals surface area contributed by atoms with Crippen LogP contribution in [0.4, 0.5) is 0 Å². The minimum Gasteiger partial charge on any atom is -0.484 e. The highest BCUT2D eigenvalue weighted by Gasteiger charge is 2.13. The molecule has 0 spiro atoms. The predicted octanol–water partition coefficient (Wildman–Crippen LogP) is 5.16. The number of unbranched alkanes of at least 4 members (excludes halogenated alkanes) is 1. The number of hydrogen-bond acceptors (Lipinski definition) is 3. The van der Waals surface area contributed by atoms with Crippen LogP contribution in [0.25, 0.3) is 10.1 Å². The lowest BCUT2D eigenvalue weighted by atomic mass is 10.1. The Labute approximate surface area is 131 Å². The fraction of sp³-hybridized carbons (Fsp3) is 0.438. The Morgan fingerprint density at radius 1 is 1.25 bits per heavy atom. The van der Waals surface area contributed by atoms with Crippen molar-refractivity contribution < 1.29 is 4.74 Å². The molecule has 0 saturated carbocycles. The van der Waals surface area contributed by atoms with Crippen LogP contribution in [0.5, 0.6) is 5.06 Å². The van der Waals surface area contributed by atoms with Crippen molar-refractivity contribution in [2.24, 2.45) is 0 Å². The molecule has 0 aliphatic carbocycles. The molecule has 1 aromatic heterocycles. The van der Waals surface area contributed by atoms with E-state index in [-0.39, 0.29) is 5.43 Å². The van der Waals surface area contributed by atoms with Gasteiger partial charge in [0.1, 0.15) is 0 Å². The Hall–Kier alpha value is -0.870. The van der Waals surface area contributed by atoms with Gasteiger partial charge in [0.25, 0.3) is 0 Å². The smallest absolute Gasteiger partial charge is 0.195 e. The maximum Gasteiger partial charge on any atom is 0.195 e. The van der Waals surface area contributed by atoms with E-state index < -0.39 is 0 Å². The van der Waals surface area contributed by atoms with Gasteiger partial charge in [0.05, 0.1) is 12.2 Å². The van der Waals surface area contributed by atoms with Crippen molar-refractivity contribution >= 4 is 37.4 Å². The highest BCUT2D eigenvalue weighted by Crippen LogP contribution is 2.31. The van der Waals surface area contributed by atoms with E-state index in [0.29, 0.717) is 6.61 Å². The lowest BCUT2D eigenvalue weighted by molar-refractivity contribution is 0.314. The first-order valence-electron chi connectivity index (χ1n) is 7.05. The minimum absolute atomic E-state index is 0.119. The number of hydrogen-bond donors (Lipinski definition) is 0. The van der Waals surface area contributed by atoms with Gasteiger partial charge in [0.2, 0.25) is 0 Å². The summed E-state index contributed by atoms with van der Waals surface area (Å²) in [5.74, 6) is 0. The number of halogens is 1. The zero-order chi connectivity index (χ0) is 14.5. The van der Waals surface area contributed by atoms with Crippen molar-refractivity contribution in [3.63, 3.8) is 0 Å². The molecule has 0 aliphatic rings. The van der Waals surface area contributed by atoms with Crippen LogP contribution in [-0.4, -0.2) is 6.61 Å². The zero-order valence-electron chi connectivity index (χ0n) is 11.9. The molecule has 0 bridgehead atoms. The van der Waals surface area contributed by atoms with Crippen LogP contribution < -0.4 is 10.2 Å². The molecule has 0 aliphatic heterocycles. The summed E-state index contributed by atoms with van der Waals surface area (Å²) in [4.78, 5) is 12.6. The summed E-state index contributed by atoms with van der Waals surface area (Å²) in [6, 6.07) is 5.85. The Bertz CT molecular complexity index is 649. The van der Waals surface area contributed by atoms with Crippen LogP contribution in [0.3, 0.4) is 0 Å². The van der Waals surface area contributed by atoms with Gasteiger partial charge in [0.15, 0.2) is 10.5 Å². The Balaban J connectivity index is 2.51. The molecule has 0 amide bonds. The van der Waals surface area contributed by atoms with E-state index in [9.17, 15) is 4.79 Å². The van der Waals surface area contributed by atoms with Gasteiger partial charge in [-0.15, -0.1) is 0 Å². The zero-order valence-corrected chi connectivity index (χ0v) is 14.3. The average molecular weight is 355 g/mol. The molecule has 0 fully saturated rings. The second kappa shape index (κ2) is 7.23. The van der Waals surface area contributed by atoms with Crippen molar-refractivity contribution in [3.05, 3.63) is 38.5 Å². The second-order valence-electron chi connectivity index (χ2n) is 4.79. The molecule has 0 radical (unpaired) electrons. The molecule has 0 unspecified atom stereocenters. The first-order chi connectivity index (χ1) is 9.67. The molecule has 0 saturated heterocycles. The van der Waals surface area contributed by atoms with Crippen molar-refractivity contribution in [3.8, 4) is 5.06 Å². The van der Waals surface area contributed by atoms with Gasteiger partial charge < -0.3 is 4.74 Å². The van der Waals surface area contributed by atoms with E-state index in [1.807, 2.05) is 18.2 Å². The molecule has 2 rings (SSSR count). The van der Waals surface area contributed by atoms with E-state index in [2.05, 4.69) is 29.8 Å². The first kappa shape index (κ1) is 15.5. The highest BCUT2D eigenvalue weighted by molar-refractivity contribution is 9.10. The molecule has 20 heavy (non-hydrogen) atoms. The molecule has 4 heteroatoms. The maximum absolute atomic E-state index is 12.6. The largest absolute Gasteiger partial charge is 0.484 e. The number of fused-ring (bicyclic) bond motifs is 1. The van der Waals surface area contributed by atoms with E-state index in [1.165, 1.54) is 0 Å². The fourth-order valence-corrected chi connectivity index (χ4v) is 3.50. The lowest BCUT2D eigenvalue weighted by Crippen LogP contribution is -2.11. The van der Waals surface area contributed by atoms with Gasteiger partial charge in [-0.25, -0.2) is 0 Å². The maximum atomic E-state index is 12.6. The van der Waals surface area contributed by atoms with Crippen molar-refractivity contribution in [2.45, 2.75) is 39.5 Å². The van der Waals surface area contributed by atoms with Crippen molar-refractivity contribution in [1.29, 1.82) is 0 Å². The molecular formula is C16H19BrO2S. The Morgan fingerprint density at radius 2 is 2.05 bits per heavy atom. The van der Waals surface area contributed by atoms with Gasteiger partial charge in [-0.3, -0.25) is 4.79 Å². The van der Waals surface area contributed by atoms with E-state index in [4.69, 9.17) is 4.74 Å². The molecule has 1 heterocycles. The van der Waals surface area contributed by atoms with Gasteiger partial charge in [-0.1, -0.05) is 54.0 Å². The normalized spacial score (nSPS) is 10.9. The van der Waals surface area contributed by atoms with Gasteiger partial charge >= 0.3 is 0 Å². The topological polar surface area (TPSA) is 26.3 Å². The highest BCUT2D eigenvalue weighted by atomic mass is 79.9. The summed E-state index contributed by atoms with van der Waals surface area (Å²) in [6.07, 6.45) is 3.84. The third-order valence-corrected chi connectivity index (χ3v) is 4.76. The van der Waals surface area contributed by atoms with Crippen LogP contribution >= 0.6 is 27.3 Å². The van der Waals surface area contributed by atoms with Crippen LogP contribution in [0.1, 0.15) is 38.7 Å². The summed E-state index contributed by atoms with van der Waals surface area (Å²) in [5.41, 5.74) is 0.951. The van der Waals surface area contributed by atoms with E-state index in [1.54, 1.807) is 11.3 Å². The SMILES string of the molecule is CCCCOc1sc2ccc(Br)cc2c(=O)c1CCC. The van der Waals surface area contributed by atoms with Crippen LogP contribution in [0, 0.1) is 0 Å². The summed E-state index contributed by atoms with van der Waals surface area (Å²) >= 11 is 5.02. The van der Waals surface area contributed by atoms with Crippen LogP contribution in [0.15, 0.2) is 27.5 Å². The third kappa shape index (κ3) is 3.41. The minimum atomic E-state index is 0.119. The molecule has 2 aromatic rings. The molecule has 2 nitrogen and oxygen atoms in total. The van der Waals surface area contributed by atoms with Crippen LogP contribution in [0.2, 0.25) is 0 Å². The Morgan fingerprint density at radius 3 is 2.75 bits per heavy atom. The number of ether oxygens (including phenoxy) is 1. The number of benzene rings is 1. The van der Waals surface area contributed by atoms with E-state index in [0.717, 1.165) is 50.9 Å². The monoisotopic (exact) mass is 354 g/mol. The number of rotatable bonds is 6. The summed E-state index contributed by atoms with van der Waals surface area (Å²) < 4.78 is 7.79. The Kier molecular flexibility index (Phi) is 5.61.